The molecule has 21 heavy (non-hydrogen) atoms. The molecule has 2 rings (SSSR count). The van der Waals surface area contributed by atoms with Crippen molar-refractivity contribution in [3.63, 3.8) is 0 Å². The van der Waals surface area contributed by atoms with Gasteiger partial charge in [0.1, 0.15) is 5.75 Å². The van der Waals surface area contributed by atoms with Crippen molar-refractivity contribution in [2.45, 2.75) is 20.0 Å². The lowest BCUT2D eigenvalue weighted by Crippen LogP contribution is -2.27. The van der Waals surface area contributed by atoms with Crippen molar-refractivity contribution >= 4 is 0 Å². The van der Waals surface area contributed by atoms with Crippen molar-refractivity contribution in [1.29, 1.82) is 0 Å². The smallest absolute Gasteiger partial charge is 0.255 e. The Morgan fingerprint density at radius 1 is 1.29 bits per heavy atom. The van der Waals surface area contributed by atoms with Crippen LogP contribution in [-0.4, -0.2) is 22.9 Å². The molecule has 0 unspecified atom stereocenters. The van der Waals surface area contributed by atoms with Crippen LogP contribution in [0.25, 0.3) is 11.3 Å². The quantitative estimate of drug-likeness (QED) is 0.841. The minimum Gasteiger partial charge on any atom is -0.494 e. The Morgan fingerprint density at radius 2 is 2.10 bits per heavy atom. The largest absolute Gasteiger partial charge is 0.494 e. The lowest BCUT2D eigenvalue weighted by atomic mass is 10.1. The molecule has 0 bridgehead atoms. The van der Waals surface area contributed by atoms with E-state index in [0.29, 0.717) is 12.2 Å². The molecule has 3 N–H and O–H groups in total. The van der Waals surface area contributed by atoms with Crippen molar-refractivity contribution in [2.75, 3.05) is 13.2 Å². The van der Waals surface area contributed by atoms with Crippen LogP contribution >= 0.6 is 0 Å². The summed E-state index contributed by atoms with van der Waals surface area (Å²) < 4.78 is 7.04. The molecule has 5 heteroatoms. The zero-order valence-electron chi connectivity index (χ0n) is 12.1. The zero-order valence-corrected chi connectivity index (χ0v) is 12.1. The van der Waals surface area contributed by atoms with Gasteiger partial charge in [0.05, 0.1) is 18.9 Å². The average Bonchev–Trinajstić information content (AvgIpc) is 2.50. The van der Waals surface area contributed by atoms with Crippen LogP contribution in [0.4, 0.5) is 0 Å². The summed E-state index contributed by atoms with van der Waals surface area (Å²) in [4.78, 5) is 12.3. The third-order valence-corrected chi connectivity index (χ3v) is 3.24. The van der Waals surface area contributed by atoms with Gasteiger partial charge < -0.3 is 20.1 Å². The van der Waals surface area contributed by atoms with Gasteiger partial charge in [0.15, 0.2) is 0 Å². The Balaban J connectivity index is 2.55. The Kier molecular flexibility index (Phi) is 5.14. The summed E-state index contributed by atoms with van der Waals surface area (Å²) in [7, 11) is 0. The summed E-state index contributed by atoms with van der Waals surface area (Å²) >= 11 is 0. The Bertz CT molecular complexity index is 665. The molecule has 0 fully saturated rings. The standard InChI is InChI=1S/C16H20N2O3/c1-2-21-14-5-3-4-12(10-14)15-7-6-13(11-17)16(20)18(15)8-9-19/h3-7,10,19H,2,8-9,11,17H2,1H3. The van der Waals surface area contributed by atoms with E-state index >= 15 is 0 Å². The van der Waals surface area contributed by atoms with Gasteiger partial charge in [-0.1, -0.05) is 18.2 Å². The molecule has 0 saturated carbocycles. The topological polar surface area (TPSA) is 77.5 Å². The molecule has 112 valence electrons. The highest BCUT2D eigenvalue weighted by atomic mass is 16.5. The van der Waals surface area contributed by atoms with Gasteiger partial charge in [-0.25, -0.2) is 0 Å². The third-order valence-electron chi connectivity index (χ3n) is 3.24. The number of rotatable bonds is 6. The Labute approximate surface area is 123 Å². The molecule has 1 heterocycles. The van der Waals surface area contributed by atoms with E-state index in [2.05, 4.69) is 0 Å². The summed E-state index contributed by atoms with van der Waals surface area (Å²) in [6.45, 7) is 2.82. The van der Waals surface area contributed by atoms with Crippen LogP contribution in [-0.2, 0) is 13.1 Å². The van der Waals surface area contributed by atoms with E-state index in [1.165, 1.54) is 0 Å². The van der Waals surface area contributed by atoms with Crippen LogP contribution in [0.5, 0.6) is 5.75 Å². The highest BCUT2D eigenvalue weighted by molar-refractivity contribution is 5.62. The summed E-state index contributed by atoms with van der Waals surface area (Å²) in [6.07, 6.45) is 0. The maximum Gasteiger partial charge on any atom is 0.255 e. The molecule has 0 spiro atoms. The molecule has 0 aliphatic heterocycles. The molecular formula is C16H20N2O3. The lowest BCUT2D eigenvalue weighted by Gasteiger charge is -2.14. The van der Waals surface area contributed by atoms with E-state index in [1.807, 2.05) is 37.3 Å². The van der Waals surface area contributed by atoms with Gasteiger partial charge in [-0.05, 0) is 25.1 Å². The highest BCUT2D eigenvalue weighted by Crippen LogP contribution is 2.23. The second-order valence-electron chi connectivity index (χ2n) is 4.59. The summed E-state index contributed by atoms with van der Waals surface area (Å²) in [5.41, 5.74) is 7.56. The predicted molar refractivity (Wildman–Crippen MR) is 82.3 cm³/mol. The van der Waals surface area contributed by atoms with Gasteiger partial charge in [0.2, 0.25) is 0 Å². The Hall–Kier alpha value is -2.11. The van der Waals surface area contributed by atoms with Crippen molar-refractivity contribution in [1.82, 2.24) is 4.57 Å². The van der Waals surface area contributed by atoms with Crippen LogP contribution in [0.3, 0.4) is 0 Å². The lowest BCUT2D eigenvalue weighted by molar-refractivity contribution is 0.274. The molecule has 5 nitrogen and oxygen atoms in total. The van der Waals surface area contributed by atoms with Gasteiger partial charge in [-0.2, -0.15) is 0 Å². The highest BCUT2D eigenvalue weighted by Gasteiger charge is 2.10. The maximum absolute atomic E-state index is 12.3. The van der Waals surface area contributed by atoms with Crippen LogP contribution in [0.2, 0.25) is 0 Å². The fourth-order valence-electron chi connectivity index (χ4n) is 2.26. The molecule has 1 aromatic heterocycles. The molecule has 2 aromatic rings. The van der Waals surface area contributed by atoms with Crippen molar-refractivity contribution in [3.8, 4) is 17.0 Å². The molecule has 0 aliphatic carbocycles. The molecule has 1 aromatic carbocycles. The van der Waals surface area contributed by atoms with Gasteiger partial charge in [0.25, 0.3) is 5.56 Å². The first-order chi connectivity index (χ1) is 10.2. The Morgan fingerprint density at radius 3 is 2.76 bits per heavy atom. The van der Waals surface area contributed by atoms with Gasteiger partial charge in [-0.3, -0.25) is 4.79 Å². The van der Waals surface area contributed by atoms with E-state index in [9.17, 15) is 9.90 Å². The minimum absolute atomic E-state index is 0.105. The summed E-state index contributed by atoms with van der Waals surface area (Å²) in [5.74, 6) is 0.751. The second-order valence-corrected chi connectivity index (χ2v) is 4.59. The number of hydrogen-bond donors (Lipinski definition) is 2. The number of aromatic nitrogens is 1. The van der Waals surface area contributed by atoms with Crippen LogP contribution < -0.4 is 16.0 Å². The van der Waals surface area contributed by atoms with Crippen LogP contribution in [0, 0.1) is 0 Å². The van der Waals surface area contributed by atoms with E-state index < -0.39 is 0 Å². The zero-order chi connectivity index (χ0) is 15.2. The number of nitrogens with two attached hydrogens (primary N) is 1. The van der Waals surface area contributed by atoms with Gasteiger partial charge in [-0.15, -0.1) is 0 Å². The number of aliphatic hydroxyl groups is 1. The van der Waals surface area contributed by atoms with E-state index in [-0.39, 0.29) is 25.3 Å². The van der Waals surface area contributed by atoms with E-state index in [0.717, 1.165) is 17.0 Å². The molecule has 0 radical (unpaired) electrons. The molecule has 0 aliphatic rings. The fraction of sp³-hybridized carbons (Fsp3) is 0.312. The van der Waals surface area contributed by atoms with Gasteiger partial charge in [0, 0.05) is 24.2 Å². The van der Waals surface area contributed by atoms with Crippen molar-refractivity contribution in [2.24, 2.45) is 5.73 Å². The number of nitrogens with zero attached hydrogens (tertiary/aromatic N) is 1. The van der Waals surface area contributed by atoms with E-state index in [1.54, 1.807) is 10.6 Å². The second kappa shape index (κ2) is 7.06. The molecular weight excluding hydrogens is 268 g/mol. The number of hydrogen-bond acceptors (Lipinski definition) is 4. The third kappa shape index (κ3) is 3.32. The molecule has 0 atom stereocenters. The SMILES string of the molecule is CCOc1cccc(-c2ccc(CN)c(=O)n2CCO)c1. The van der Waals surface area contributed by atoms with Crippen LogP contribution in [0.1, 0.15) is 12.5 Å². The number of ether oxygens (including phenoxy) is 1. The predicted octanol–water partition coefficient (Wildman–Crippen LogP) is 1.36. The fourth-order valence-corrected chi connectivity index (χ4v) is 2.26. The number of benzene rings is 1. The van der Waals surface area contributed by atoms with Crippen LogP contribution in [0.15, 0.2) is 41.2 Å². The minimum atomic E-state index is -0.161. The molecule has 0 amide bonds. The normalized spacial score (nSPS) is 10.6. The van der Waals surface area contributed by atoms with Crippen molar-refractivity contribution in [3.05, 3.63) is 52.3 Å². The maximum atomic E-state index is 12.3. The number of aliphatic hydroxyl groups excluding tert-OH is 1. The van der Waals surface area contributed by atoms with Gasteiger partial charge >= 0.3 is 0 Å². The first-order valence-corrected chi connectivity index (χ1v) is 6.98. The summed E-state index contributed by atoms with van der Waals surface area (Å²) in [6, 6.07) is 11.1. The van der Waals surface area contributed by atoms with Crippen molar-refractivity contribution < 1.29 is 9.84 Å². The van der Waals surface area contributed by atoms with E-state index in [4.69, 9.17) is 10.5 Å². The summed E-state index contributed by atoms with van der Waals surface area (Å²) in [5, 5.41) is 9.20. The average molecular weight is 288 g/mol. The number of pyridine rings is 1. The first-order valence-electron chi connectivity index (χ1n) is 6.98. The first kappa shape index (κ1) is 15.3. The monoisotopic (exact) mass is 288 g/mol. The molecule has 0 saturated heterocycles.